The van der Waals surface area contributed by atoms with Crippen LogP contribution in [-0.2, 0) is 0 Å². The van der Waals surface area contributed by atoms with E-state index in [1.54, 1.807) is 0 Å². The van der Waals surface area contributed by atoms with Crippen LogP contribution in [0, 0.1) is 11.3 Å². The maximum Gasteiger partial charge on any atom is 0.211 e. The van der Waals surface area contributed by atoms with Gasteiger partial charge in [0.15, 0.2) is 12.4 Å². The van der Waals surface area contributed by atoms with Crippen LogP contribution in [0.3, 0.4) is 0 Å². The highest BCUT2D eigenvalue weighted by atomic mass is 14.8. The summed E-state index contributed by atoms with van der Waals surface area (Å²) in [5.41, 5.74) is 1.83. The number of hydrogen-bond acceptors (Lipinski definition) is 1. The summed E-state index contributed by atoms with van der Waals surface area (Å²) in [4.78, 5) is 0. The number of hydrogen-bond donors (Lipinski definition) is 0. The van der Waals surface area contributed by atoms with E-state index in [0.717, 1.165) is 16.3 Å². The molecule has 1 aromatic carbocycles. The number of aromatic nitrogens is 1. The monoisotopic (exact) mass is 205 g/mol. The summed E-state index contributed by atoms with van der Waals surface area (Å²) in [6.07, 6.45) is 4.10. The van der Waals surface area contributed by atoms with Crippen LogP contribution in [0.2, 0.25) is 0 Å². The SMILES string of the molecule is N#Cc1ccc2c[n+]3ccccc3cc2c1. The van der Waals surface area contributed by atoms with E-state index in [9.17, 15) is 0 Å². The Morgan fingerprint density at radius 3 is 2.81 bits per heavy atom. The van der Waals surface area contributed by atoms with Crippen molar-refractivity contribution < 1.29 is 4.40 Å². The Kier molecular flexibility index (Phi) is 1.84. The number of fused-ring (bicyclic) bond motifs is 2. The predicted molar refractivity (Wildman–Crippen MR) is 61.8 cm³/mol. The molecule has 3 aromatic rings. The summed E-state index contributed by atoms with van der Waals surface area (Å²) in [6, 6.07) is 16.1. The Balaban J connectivity index is 2.43. The lowest BCUT2D eigenvalue weighted by molar-refractivity contribution is -0.510. The lowest BCUT2D eigenvalue weighted by Gasteiger charge is -1.97. The molecule has 0 fully saturated rings. The third-order valence-corrected chi connectivity index (χ3v) is 2.72. The maximum atomic E-state index is 8.86. The molecule has 0 aliphatic carbocycles. The summed E-state index contributed by atoms with van der Waals surface area (Å²) in [7, 11) is 0. The van der Waals surface area contributed by atoms with Crippen LogP contribution in [0.15, 0.2) is 54.9 Å². The minimum atomic E-state index is 0.702. The van der Waals surface area contributed by atoms with Gasteiger partial charge in [0.05, 0.1) is 11.6 Å². The van der Waals surface area contributed by atoms with Crippen LogP contribution in [0.5, 0.6) is 0 Å². The second-order valence-electron chi connectivity index (χ2n) is 3.76. The van der Waals surface area contributed by atoms with Gasteiger partial charge in [0.2, 0.25) is 5.52 Å². The smallest absolute Gasteiger partial charge is 0.192 e. The van der Waals surface area contributed by atoms with Crippen LogP contribution in [0.25, 0.3) is 16.3 Å². The lowest BCUT2D eigenvalue weighted by atomic mass is 10.1. The van der Waals surface area contributed by atoms with Crippen molar-refractivity contribution in [2.24, 2.45) is 0 Å². The highest BCUT2D eigenvalue weighted by Crippen LogP contribution is 2.15. The molecule has 3 rings (SSSR count). The molecule has 0 saturated carbocycles. The van der Waals surface area contributed by atoms with E-state index in [4.69, 9.17) is 5.26 Å². The van der Waals surface area contributed by atoms with Crippen molar-refractivity contribution in [3.63, 3.8) is 0 Å². The molecule has 0 radical (unpaired) electrons. The van der Waals surface area contributed by atoms with Crippen LogP contribution < -0.4 is 4.40 Å². The molecule has 0 saturated heterocycles. The van der Waals surface area contributed by atoms with Crippen molar-refractivity contribution in [1.29, 1.82) is 5.26 Å². The molecule has 0 N–H and O–H groups in total. The van der Waals surface area contributed by atoms with Gasteiger partial charge in [-0.3, -0.25) is 0 Å². The average Bonchev–Trinajstić information content (AvgIpc) is 2.35. The highest BCUT2D eigenvalue weighted by molar-refractivity contribution is 5.84. The zero-order chi connectivity index (χ0) is 11.0. The van der Waals surface area contributed by atoms with E-state index in [-0.39, 0.29) is 0 Å². The van der Waals surface area contributed by atoms with Gasteiger partial charge in [-0.15, -0.1) is 0 Å². The Labute approximate surface area is 93.0 Å². The standard InChI is InChI=1S/C14H9N2/c15-9-11-4-5-12-10-16-6-2-1-3-14(16)8-13(12)7-11/h1-8,10H/q+1. The van der Waals surface area contributed by atoms with E-state index >= 15 is 0 Å². The van der Waals surface area contributed by atoms with Gasteiger partial charge in [-0.25, -0.2) is 0 Å². The lowest BCUT2D eigenvalue weighted by Crippen LogP contribution is -2.19. The normalized spacial score (nSPS) is 10.4. The molecule has 2 aromatic heterocycles. The number of nitrogens with zero attached hydrogens (tertiary/aromatic N) is 2. The maximum absolute atomic E-state index is 8.86. The van der Waals surface area contributed by atoms with Gasteiger partial charge >= 0.3 is 0 Å². The van der Waals surface area contributed by atoms with Crippen LogP contribution in [0.4, 0.5) is 0 Å². The first-order valence-electron chi connectivity index (χ1n) is 5.11. The Morgan fingerprint density at radius 1 is 1.00 bits per heavy atom. The topological polar surface area (TPSA) is 27.9 Å². The number of rotatable bonds is 0. The number of pyridine rings is 2. The van der Waals surface area contributed by atoms with Crippen molar-refractivity contribution in [2.75, 3.05) is 0 Å². The highest BCUT2D eigenvalue weighted by Gasteiger charge is 2.04. The van der Waals surface area contributed by atoms with Crippen LogP contribution in [-0.4, -0.2) is 0 Å². The molecule has 2 nitrogen and oxygen atoms in total. The molecule has 2 heteroatoms. The molecule has 2 heterocycles. The van der Waals surface area contributed by atoms with Gasteiger partial charge in [-0.05, 0) is 29.7 Å². The molecular formula is C14H9N2+. The van der Waals surface area contributed by atoms with Gasteiger partial charge < -0.3 is 0 Å². The molecule has 0 spiro atoms. The Morgan fingerprint density at radius 2 is 1.94 bits per heavy atom. The summed E-state index contributed by atoms with van der Waals surface area (Å²) < 4.78 is 2.08. The zero-order valence-electron chi connectivity index (χ0n) is 8.59. The van der Waals surface area contributed by atoms with Crippen molar-refractivity contribution in [1.82, 2.24) is 0 Å². The van der Waals surface area contributed by atoms with Gasteiger partial charge in [0, 0.05) is 23.6 Å². The van der Waals surface area contributed by atoms with Crippen molar-refractivity contribution in [2.45, 2.75) is 0 Å². The fraction of sp³-hybridized carbons (Fsp3) is 0. The van der Waals surface area contributed by atoms with E-state index in [1.165, 1.54) is 0 Å². The van der Waals surface area contributed by atoms with Gasteiger partial charge in [-0.1, -0.05) is 0 Å². The minimum Gasteiger partial charge on any atom is -0.192 e. The van der Waals surface area contributed by atoms with Crippen molar-refractivity contribution in [3.05, 3.63) is 60.4 Å². The second kappa shape index (κ2) is 3.32. The summed E-state index contributed by atoms with van der Waals surface area (Å²) in [6.45, 7) is 0. The van der Waals surface area contributed by atoms with E-state index in [1.807, 2.05) is 36.5 Å². The summed E-state index contributed by atoms with van der Waals surface area (Å²) in [5, 5.41) is 11.1. The first-order chi connectivity index (χ1) is 7.86. The fourth-order valence-electron chi connectivity index (χ4n) is 1.90. The first-order valence-corrected chi connectivity index (χ1v) is 5.11. The molecule has 0 aliphatic rings. The third kappa shape index (κ3) is 1.31. The molecule has 0 bridgehead atoms. The number of benzene rings is 1. The van der Waals surface area contributed by atoms with Gasteiger partial charge in [0.25, 0.3) is 0 Å². The van der Waals surface area contributed by atoms with Crippen LogP contribution >= 0.6 is 0 Å². The fourth-order valence-corrected chi connectivity index (χ4v) is 1.90. The summed E-state index contributed by atoms with van der Waals surface area (Å²) in [5.74, 6) is 0. The molecule has 0 atom stereocenters. The predicted octanol–water partition coefficient (Wildman–Crippen LogP) is 2.45. The summed E-state index contributed by atoms with van der Waals surface area (Å²) >= 11 is 0. The molecular weight excluding hydrogens is 196 g/mol. The molecule has 16 heavy (non-hydrogen) atoms. The number of nitriles is 1. The first kappa shape index (κ1) is 8.87. The Bertz CT molecular complexity index is 723. The molecule has 0 aliphatic heterocycles. The van der Waals surface area contributed by atoms with E-state index in [2.05, 4.69) is 28.8 Å². The Hall–Kier alpha value is -2.40. The molecule has 0 unspecified atom stereocenters. The van der Waals surface area contributed by atoms with E-state index < -0.39 is 0 Å². The largest absolute Gasteiger partial charge is 0.211 e. The van der Waals surface area contributed by atoms with Crippen LogP contribution in [0.1, 0.15) is 5.56 Å². The minimum absolute atomic E-state index is 0.702. The zero-order valence-corrected chi connectivity index (χ0v) is 8.59. The van der Waals surface area contributed by atoms with Gasteiger partial charge in [0.1, 0.15) is 0 Å². The quantitative estimate of drug-likeness (QED) is 0.409. The average molecular weight is 205 g/mol. The molecule has 74 valence electrons. The van der Waals surface area contributed by atoms with Crippen molar-refractivity contribution in [3.8, 4) is 6.07 Å². The van der Waals surface area contributed by atoms with Gasteiger partial charge in [-0.2, -0.15) is 9.66 Å². The van der Waals surface area contributed by atoms with Crippen molar-refractivity contribution >= 4 is 16.3 Å². The second-order valence-corrected chi connectivity index (χ2v) is 3.76. The molecule has 0 amide bonds. The third-order valence-electron chi connectivity index (χ3n) is 2.72. The van der Waals surface area contributed by atoms with E-state index in [0.29, 0.717) is 5.56 Å².